The van der Waals surface area contributed by atoms with Crippen LogP contribution >= 0.6 is 0 Å². The Kier molecular flexibility index (Phi) is 5.65. The van der Waals surface area contributed by atoms with Gasteiger partial charge in [-0.2, -0.15) is 0 Å². The van der Waals surface area contributed by atoms with E-state index in [0.717, 1.165) is 40.9 Å². The van der Waals surface area contributed by atoms with Crippen molar-refractivity contribution in [2.45, 2.75) is 51.4 Å². The maximum Gasteiger partial charge on any atom is 0.328 e. The van der Waals surface area contributed by atoms with Gasteiger partial charge in [-0.25, -0.2) is 18.0 Å². The van der Waals surface area contributed by atoms with E-state index in [2.05, 4.69) is 0 Å². The Hall–Kier alpha value is -3.06. The number of hydrogen-bond donors (Lipinski definition) is 1. The van der Waals surface area contributed by atoms with Crippen molar-refractivity contribution < 1.29 is 23.1 Å². The van der Waals surface area contributed by atoms with E-state index in [4.69, 9.17) is 5.11 Å². The van der Waals surface area contributed by atoms with Crippen LogP contribution < -0.4 is 0 Å². The molecule has 1 aliphatic heterocycles. The minimum Gasteiger partial charge on any atom is -0.478 e. The summed E-state index contributed by atoms with van der Waals surface area (Å²) in [5, 5.41) is 8.84. The van der Waals surface area contributed by atoms with E-state index < -0.39 is 28.8 Å². The highest BCUT2D eigenvalue weighted by atomic mass is 19.1. The molecule has 0 spiro atoms. The van der Waals surface area contributed by atoms with Gasteiger partial charge in [-0.15, -0.1) is 0 Å². The monoisotopic (exact) mass is 456 g/mol. The molecule has 7 heteroatoms. The summed E-state index contributed by atoms with van der Waals surface area (Å²) >= 11 is 0. The first kappa shape index (κ1) is 23.1. The molecule has 1 N–H and O–H groups in total. The van der Waals surface area contributed by atoms with E-state index in [1.165, 1.54) is 13.8 Å². The van der Waals surface area contributed by atoms with Crippen LogP contribution in [-0.2, 0) is 16.8 Å². The minimum absolute atomic E-state index is 0.0180. The molecular weight excluding hydrogens is 429 g/mol. The van der Waals surface area contributed by atoms with Crippen LogP contribution in [0.1, 0.15) is 49.9 Å². The Morgan fingerprint density at radius 1 is 1.27 bits per heavy atom. The average Bonchev–Trinajstić information content (AvgIpc) is 3.08. The van der Waals surface area contributed by atoms with Crippen molar-refractivity contribution in [1.82, 2.24) is 9.30 Å². The number of pyridine rings is 1. The molecule has 0 fully saturated rings. The number of benzene rings is 1. The van der Waals surface area contributed by atoms with Crippen LogP contribution in [0.2, 0.25) is 0 Å². The lowest BCUT2D eigenvalue weighted by molar-refractivity contribution is -0.131. The first-order valence-electron chi connectivity index (χ1n) is 10.9. The summed E-state index contributed by atoms with van der Waals surface area (Å²) in [4.78, 5) is 12.7. The quantitative estimate of drug-likeness (QED) is 0.511. The molecule has 2 atom stereocenters. The van der Waals surface area contributed by atoms with Crippen molar-refractivity contribution in [3.8, 4) is 0 Å². The zero-order valence-electron chi connectivity index (χ0n) is 19.1. The number of aromatic nitrogens is 1. The van der Waals surface area contributed by atoms with Crippen molar-refractivity contribution in [2.75, 3.05) is 6.54 Å². The molecule has 33 heavy (non-hydrogen) atoms. The lowest BCUT2D eigenvalue weighted by Gasteiger charge is -2.50. The predicted molar refractivity (Wildman–Crippen MR) is 122 cm³/mol. The molecule has 3 heterocycles. The molecule has 0 bridgehead atoms. The Balaban J connectivity index is 1.99. The molecule has 1 aliphatic rings. The molecule has 174 valence electrons. The van der Waals surface area contributed by atoms with Gasteiger partial charge < -0.3 is 9.51 Å². The van der Waals surface area contributed by atoms with Gasteiger partial charge in [0.25, 0.3) is 0 Å². The van der Waals surface area contributed by atoms with Gasteiger partial charge in [0.05, 0.1) is 5.54 Å². The van der Waals surface area contributed by atoms with Crippen molar-refractivity contribution in [3.05, 3.63) is 82.7 Å². The molecule has 0 radical (unpaired) electrons. The third kappa shape index (κ3) is 4.06. The van der Waals surface area contributed by atoms with Gasteiger partial charge in [-0.05, 0) is 81.1 Å². The van der Waals surface area contributed by atoms with Crippen LogP contribution in [0, 0.1) is 11.6 Å². The predicted octanol–water partition coefficient (Wildman–Crippen LogP) is 5.57. The van der Waals surface area contributed by atoms with E-state index in [0.29, 0.717) is 6.42 Å². The highest BCUT2D eigenvalue weighted by Gasteiger charge is 2.49. The molecule has 0 saturated carbocycles. The zero-order valence-corrected chi connectivity index (χ0v) is 19.1. The van der Waals surface area contributed by atoms with Crippen LogP contribution in [-0.4, -0.2) is 38.6 Å². The molecule has 2 unspecified atom stereocenters. The fourth-order valence-corrected chi connectivity index (χ4v) is 5.13. The van der Waals surface area contributed by atoms with Crippen LogP contribution in [0.5, 0.6) is 0 Å². The highest BCUT2D eigenvalue weighted by molar-refractivity contribution is 5.85. The number of rotatable bonds is 5. The van der Waals surface area contributed by atoms with E-state index >= 15 is 8.78 Å². The molecule has 0 amide bonds. The highest BCUT2D eigenvalue weighted by Crippen LogP contribution is 2.47. The first-order chi connectivity index (χ1) is 15.4. The summed E-state index contributed by atoms with van der Waals surface area (Å²) in [6, 6.07) is 7.82. The lowest BCUT2D eigenvalue weighted by atomic mass is 9.75. The number of aliphatic carboxylic acids is 1. The van der Waals surface area contributed by atoms with E-state index in [1.54, 1.807) is 6.92 Å². The van der Waals surface area contributed by atoms with Gasteiger partial charge >= 0.3 is 5.97 Å². The van der Waals surface area contributed by atoms with Crippen LogP contribution in [0.3, 0.4) is 0 Å². The second-order valence-electron chi connectivity index (χ2n) is 9.52. The van der Waals surface area contributed by atoms with E-state index in [1.807, 2.05) is 46.8 Å². The summed E-state index contributed by atoms with van der Waals surface area (Å²) in [7, 11) is 0. The molecule has 0 aliphatic carbocycles. The van der Waals surface area contributed by atoms with Gasteiger partial charge in [-0.3, -0.25) is 4.90 Å². The summed E-state index contributed by atoms with van der Waals surface area (Å²) in [5.74, 6) is -2.83. The number of halogens is 3. The van der Waals surface area contributed by atoms with Crippen molar-refractivity contribution in [3.63, 3.8) is 0 Å². The number of fused-ring (bicyclic) bond motifs is 3. The van der Waals surface area contributed by atoms with Crippen molar-refractivity contribution in [2.24, 2.45) is 0 Å². The number of carbonyl (C=O) groups is 1. The molecule has 4 nitrogen and oxygen atoms in total. The van der Waals surface area contributed by atoms with Crippen LogP contribution in [0.25, 0.3) is 11.6 Å². The molecule has 0 saturated heterocycles. The van der Waals surface area contributed by atoms with Gasteiger partial charge in [0.15, 0.2) is 0 Å². The Morgan fingerprint density at radius 2 is 1.94 bits per heavy atom. The Morgan fingerprint density at radius 3 is 2.55 bits per heavy atom. The first-order valence-corrected chi connectivity index (χ1v) is 10.9. The number of hydrogen-bond acceptors (Lipinski definition) is 2. The summed E-state index contributed by atoms with van der Waals surface area (Å²) in [5.41, 5.74) is -0.304. The SMILES string of the molecule is CC1Cc2c(cn3ccccc23)C(C)(c2c(F)cc(/C=C/C(=O)O)cc2F)N1CC(C)(C)F. The van der Waals surface area contributed by atoms with Crippen molar-refractivity contribution >= 4 is 17.6 Å². The number of carboxylic acid groups (broad SMARTS) is 1. The Bertz CT molecular complexity index is 1240. The maximum atomic E-state index is 15.6. The smallest absolute Gasteiger partial charge is 0.328 e. The standard InChI is InChI=1S/C26H27F3N2O2/c1-16-11-18-19(14-30-10-6-5-7-22(18)30)26(4,31(16)15-25(2,3)29)24-20(27)12-17(13-21(24)28)8-9-23(32)33/h5-10,12-14,16H,11,15H2,1-4H3,(H,32,33)/b9-8+. The summed E-state index contributed by atoms with van der Waals surface area (Å²) in [6.45, 7) is 6.58. The van der Waals surface area contributed by atoms with E-state index in [-0.39, 0.29) is 23.7 Å². The minimum atomic E-state index is -1.59. The molecule has 1 aromatic carbocycles. The van der Waals surface area contributed by atoms with Gasteiger partial charge in [0.2, 0.25) is 0 Å². The molecular formula is C26H27F3N2O2. The second kappa shape index (κ2) is 8.06. The fourth-order valence-electron chi connectivity index (χ4n) is 5.13. The fraction of sp³-hybridized carbons (Fsp3) is 0.346. The third-order valence-corrected chi connectivity index (χ3v) is 6.44. The number of alkyl halides is 1. The Labute approximate surface area is 191 Å². The molecule has 3 aromatic rings. The number of carboxylic acids is 1. The number of nitrogens with zero attached hydrogens (tertiary/aromatic N) is 2. The van der Waals surface area contributed by atoms with Gasteiger partial charge in [0.1, 0.15) is 17.3 Å². The lowest BCUT2D eigenvalue weighted by Crippen LogP contribution is -2.57. The topological polar surface area (TPSA) is 45.0 Å². The van der Waals surface area contributed by atoms with Gasteiger partial charge in [-0.1, -0.05) is 6.07 Å². The molecule has 2 aromatic heterocycles. The summed E-state index contributed by atoms with van der Waals surface area (Å²) in [6.07, 6.45) is 6.34. The normalized spacial score (nSPS) is 21.6. The van der Waals surface area contributed by atoms with Crippen LogP contribution in [0.4, 0.5) is 13.2 Å². The second-order valence-corrected chi connectivity index (χ2v) is 9.52. The van der Waals surface area contributed by atoms with Crippen LogP contribution in [0.15, 0.2) is 48.8 Å². The largest absolute Gasteiger partial charge is 0.478 e. The van der Waals surface area contributed by atoms with Crippen molar-refractivity contribution in [1.29, 1.82) is 0 Å². The zero-order chi connectivity index (χ0) is 24.1. The maximum absolute atomic E-state index is 15.6. The molecule has 4 rings (SSSR count). The average molecular weight is 457 g/mol. The third-order valence-electron chi connectivity index (χ3n) is 6.44. The summed E-state index contributed by atoms with van der Waals surface area (Å²) < 4.78 is 48.1. The van der Waals surface area contributed by atoms with E-state index in [9.17, 15) is 9.18 Å². The van der Waals surface area contributed by atoms with Gasteiger partial charge in [0, 0.05) is 42.1 Å².